The number of para-hydroxylation sites is 2. The van der Waals surface area contributed by atoms with Crippen molar-refractivity contribution in [3.63, 3.8) is 0 Å². The lowest BCUT2D eigenvalue weighted by Crippen LogP contribution is -2.17. The number of rotatable bonds is 6. The molecule has 0 saturated heterocycles. The molecule has 0 radical (unpaired) electrons. The zero-order valence-electron chi connectivity index (χ0n) is 11.7. The third-order valence-electron chi connectivity index (χ3n) is 4.33. The average Bonchev–Trinajstić information content (AvgIpc) is 3.08. The number of aromatic nitrogens is 2. The van der Waals surface area contributed by atoms with Crippen molar-refractivity contribution in [3.05, 3.63) is 30.1 Å². The lowest BCUT2D eigenvalue weighted by molar-refractivity contribution is 0.396. The molecule has 1 aromatic heterocycles. The predicted molar refractivity (Wildman–Crippen MR) is 79.1 cm³/mol. The van der Waals surface area contributed by atoms with E-state index in [1.165, 1.54) is 24.2 Å². The molecular formula is C16H23N3. The van der Waals surface area contributed by atoms with Gasteiger partial charge in [0.2, 0.25) is 0 Å². The summed E-state index contributed by atoms with van der Waals surface area (Å²) in [5.74, 6) is 1.24. The highest BCUT2D eigenvalue weighted by molar-refractivity contribution is 5.75. The molecule has 0 atom stereocenters. The Morgan fingerprint density at radius 1 is 1.32 bits per heavy atom. The predicted octanol–water partition coefficient (Wildman–Crippen LogP) is 3.12. The first kappa shape index (κ1) is 12.7. The molecule has 1 aliphatic rings. The second-order valence-electron chi connectivity index (χ2n) is 5.89. The molecule has 1 saturated carbocycles. The fourth-order valence-electron chi connectivity index (χ4n) is 3.02. The lowest BCUT2D eigenvalue weighted by Gasteiger charge is -2.17. The highest BCUT2D eigenvalue weighted by Gasteiger charge is 2.42. The molecule has 3 rings (SSSR count). The minimum absolute atomic E-state index is 0.459. The van der Waals surface area contributed by atoms with Crippen molar-refractivity contribution in [2.75, 3.05) is 6.54 Å². The van der Waals surface area contributed by atoms with Gasteiger partial charge in [0.1, 0.15) is 5.82 Å². The van der Waals surface area contributed by atoms with Crippen LogP contribution in [-0.2, 0) is 13.0 Å². The van der Waals surface area contributed by atoms with Crippen molar-refractivity contribution in [1.29, 1.82) is 0 Å². The maximum Gasteiger partial charge on any atom is 0.109 e. The van der Waals surface area contributed by atoms with Crippen LogP contribution in [0.1, 0.15) is 38.4 Å². The molecule has 0 bridgehead atoms. The van der Waals surface area contributed by atoms with Crippen LogP contribution in [0.4, 0.5) is 0 Å². The first-order valence-electron chi connectivity index (χ1n) is 7.42. The number of nitrogens with two attached hydrogens (primary N) is 1. The molecule has 1 heterocycles. The van der Waals surface area contributed by atoms with Gasteiger partial charge in [-0.1, -0.05) is 19.1 Å². The van der Waals surface area contributed by atoms with E-state index < -0.39 is 0 Å². The highest BCUT2D eigenvalue weighted by atomic mass is 15.1. The standard InChI is InChI=1S/C16H23N3/c1-2-5-15-18-13-6-3-4-7-14(13)19(15)12-16(8-9-16)10-11-17/h3-4,6-7H,2,5,8-12,17H2,1H3. The summed E-state index contributed by atoms with van der Waals surface area (Å²) in [4.78, 5) is 4.81. The third-order valence-corrected chi connectivity index (χ3v) is 4.33. The fourth-order valence-corrected chi connectivity index (χ4v) is 3.02. The van der Waals surface area contributed by atoms with E-state index in [9.17, 15) is 0 Å². The molecule has 1 aliphatic carbocycles. The van der Waals surface area contributed by atoms with Gasteiger partial charge in [-0.05, 0) is 49.8 Å². The molecule has 1 fully saturated rings. The summed E-state index contributed by atoms with van der Waals surface area (Å²) in [7, 11) is 0. The molecule has 0 amide bonds. The van der Waals surface area contributed by atoms with Crippen molar-refractivity contribution in [3.8, 4) is 0 Å². The normalized spacial score (nSPS) is 16.9. The molecule has 102 valence electrons. The van der Waals surface area contributed by atoms with Crippen molar-refractivity contribution >= 4 is 11.0 Å². The summed E-state index contributed by atoms with van der Waals surface area (Å²) in [6.45, 7) is 4.12. The quantitative estimate of drug-likeness (QED) is 0.864. The van der Waals surface area contributed by atoms with Gasteiger partial charge in [-0.3, -0.25) is 0 Å². The van der Waals surface area contributed by atoms with Gasteiger partial charge < -0.3 is 10.3 Å². The minimum atomic E-state index is 0.459. The smallest absolute Gasteiger partial charge is 0.109 e. The molecule has 0 aliphatic heterocycles. The Balaban J connectivity index is 1.98. The molecule has 19 heavy (non-hydrogen) atoms. The zero-order chi connectivity index (χ0) is 13.3. The van der Waals surface area contributed by atoms with E-state index in [2.05, 4.69) is 35.8 Å². The minimum Gasteiger partial charge on any atom is -0.330 e. The van der Waals surface area contributed by atoms with Gasteiger partial charge in [0.05, 0.1) is 11.0 Å². The lowest BCUT2D eigenvalue weighted by atomic mass is 10.0. The van der Waals surface area contributed by atoms with Crippen LogP contribution in [0.25, 0.3) is 11.0 Å². The molecular weight excluding hydrogens is 234 g/mol. The van der Waals surface area contributed by atoms with Gasteiger partial charge in [0.25, 0.3) is 0 Å². The van der Waals surface area contributed by atoms with E-state index in [-0.39, 0.29) is 0 Å². The van der Waals surface area contributed by atoms with E-state index in [0.29, 0.717) is 5.41 Å². The number of hydrogen-bond donors (Lipinski definition) is 1. The van der Waals surface area contributed by atoms with Gasteiger partial charge >= 0.3 is 0 Å². The molecule has 3 nitrogen and oxygen atoms in total. The van der Waals surface area contributed by atoms with Crippen LogP contribution >= 0.6 is 0 Å². The fraction of sp³-hybridized carbons (Fsp3) is 0.562. The average molecular weight is 257 g/mol. The van der Waals surface area contributed by atoms with Gasteiger partial charge in [-0.2, -0.15) is 0 Å². The molecule has 0 unspecified atom stereocenters. The second-order valence-corrected chi connectivity index (χ2v) is 5.89. The van der Waals surface area contributed by atoms with E-state index in [4.69, 9.17) is 10.7 Å². The summed E-state index contributed by atoms with van der Waals surface area (Å²) in [5.41, 5.74) is 8.65. The first-order valence-corrected chi connectivity index (χ1v) is 7.42. The summed E-state index contributed by atoms with van der Waals surface area (Å²) in [6.07, 6.45) is 6.00. The molecule has 2 aromatic rings. The Kier molecular flexibility index (Phi) is 3.31. The van der Waals surface area contributed by atoms with Crippen LogP contribution in [-0.4, -0.2) is 16.1 Å². The van der Waals surface area contributed by atoms with Gasteiger partial charge in [0, 0.05) is 13.0 Å². The Labute approximate surface area is 114 Å². The molecule has 2 N–H and O–H groups in total. The Morgan fingerprint density at radius 3 is 2.79 bits per heavy atom. The maximum absolute atomic E-state index is 5.77. The second kappa shape index (κ2) is 4.97. The van der Waals surface area contributed by atoms with Crippen molar-refractivity contribution < 1.29 is 0 Å². The maximum atomic E-state index is 5.77. The third kappa shape index (κ3) is 2.39. The SMILES string of the molecule is CCCc1nc2ccccc2n1CC1(CCN)CC1. The number of hydrogen-bond acceptors (Lipinski definition) is 2. The largest absolute Gasteiger partial charge is 0.330 e. The van der Waals surface area contributed by atoms with Crippen LogP contribution in [0.3, 0.4) is 0 Å². The topological polar surface area (TPSA) is 43.8 Å². The van der Waals surface area contributed by atoms with Crippen molar-refractivity contribution in [2.24, 2.45) is 11.1 Å². The number of nitrogens with zero attached hydrogens (tertiary/aromatic N) is 2. The number of benzene rings is 1. The van der Waals surface area contributed by atoms with Crippen LogP contribution < -0.4 is 5.73 Å². The Morgan fingerprint density at radius 2 is 2.11 bits per heavy atom. The van der Waals surface area contributed by atoms with Gasteiger partial charge in [-0.15, -0.1) is 0 Å². The summed E-state index contributed by atoms with van der Waals surface area (Å²) < 4.78 is 2.45. The van der Waals surface area contributed by atoms with Crippen LogP contribution in [0.15, 0.2) is 24.3 Å². The van der Waals surface area contributed by atoms with E-state index in [1.54, 1.807) is 0 Å². The highest BCUT2D eigenvalue weighted by Crippen LogP contribution is 2.50. The van der Waals surface area contributed by atoms with Crippen LogP contribution in [0.2, 0.25) is 0 Å². The van der Waals surface area contributed by atoms with E-state index >= 15 is 0 Å². The monoisotopic (exact) mass is 257 g/mol. The molecule has 1 aromatic carbocycles. The summed E-state index contributed by atoms with van der Waals surface area (Å²) in [6, 6.07) is 8.49. The number of imidazole rings is 1. The number of aryl methyl sites for hydroxylation is 1. The Bertz CT molecular complexity index is 566. The zero-order valence-corrected chi connectivity index (χ0v) is 11.7. The number of fused-ring (bicyclic) bond motifs is 1. The first-order chi connectivity index (χ1) is 9.28. The summed E-state index contributed by atoms with van der Waals surface area (Å²) >= 11 is 0. The van der Waals surface area contributed by atoms with Crippen LogP contribution in [0.5, 0.6) is 0 Å². The molecule has 3 heteroatoms. The Hall–Kier alpha value is -1.35. The van der Waals surface area contributed by atoms with Crippen molar-refractivity contribution in [2.45, 2.75) is 45.6 Å². The van der Waals surface area contributed by atoms with Crippen LogP contribution in [0, 0.1) is 5.41 Å². The molecule has 0 spiro atoms. The summed E-state index contributed by atoms with van der Waals surface area (Å²) in [5, 5.41) is 0. The van der Waals surface area contributed by atoms with E-state index in [0.717, 1.165) is 37.9 Å². The van der Waals surface area contributed by atoms with Crippen molar-refractivity contribution in [1.82, 2.24) is 9.55 Å². The van der Waals surface area contributed by atoms with Gasteiger partial charge in [-0.25, -0.2) is 4.98 Å². The van der Waals surface area contributed by atoms with Gasteiger partial charge in [0.15, 0.2) is 0 Å². The van der Waals surface area contributed by atoms with E-state index in [1.807, 2.05) is 0 Å².